The van der Waals surface area contributed by atoms with Crippen LogP contribution >= 0.6 is 11.3 Å². The Morgan fingerprint density at radius 1 is 0.943 bits per heavy atom. The van der Waals surface area contributed by atoms with E-state index in [1.165, 1.54) is 17.6 Å². The minimum Gasteiger partial charge on any atom is -0.463 e. The number of amides is 2. The SMILES string of the molecule is CN(Cc1ccccc1)C(=O)c1ccc(Cc2cnc(NC(=O)c3coc4ccccc34)s2)cc1. The van der Waals surface area contributed by atoms with E-state index in [-0.39, 0.29) is 11.8 Å². The van der Waals surface area contributed by atoms with Gasteiger partial charge in [-0.25, -0.2) is 4.98 Å². The van der Waals surface area contributed by atoms with Crippen LogP contribution in [0, 0.1) is 0 Å². The van der Waals surface area contributed by atoms with Crippen molar-refractivity contribution in [2.75, 3.05) is 12.4 Å². The molecule has 3 aromatic carbocycles. The standard InChI is InChI=1S/C28H23N3O3S/c1-31(17-20-7-3-2-4-8-20)27(33)21-13-11-19(12-14-21)15-22-16-29-28(35-22)30-26(32)24-18-34-25-10-6-5-9-23(24)25/h2-14,16,18H,15,17H2,1H3,(H,29,30,32). The molecule has 0 aliphatic rings. The second kappa shape index (κ2) is 9.95. The smallest absolute Gasteiger partial charge is 0.261 e. The fraction of sp³-hybridized carbons (Fsp3) is 0.107. The number of hydrogen-bond donors (Lipinski definition) is 1. The molecule has 174 valence electrons. The fourth-order valence-corrected chi connectivity index (χ4v) is 4.72. The third-order valence-electron chi connectivity index (χ3n) is 5.69. The zero-order valence-electron chi connectivity index (χ0n) is 19.1. The van der Waals surface area contributed by atoms with E-state index in [1.807, 2.05) is 85.9 Å². The molecule has 0 unspecified atom stereocenters. The van der Waals surface area contributed by atoms with Gasteiger partial charge in [0.2, 0.25) is 0 Å². The summed E-state index contributed by atoms with van der Waals surface area (Å²) in [6.45, 7) is 0.561. The number of nitrogens with zero attached hydrogens (tertiary/aromatic N) is 2. The molecule has 0 spiro atoms. The highest BCUT2D eigenvalue weighted by Gasteiger charge is 2.16. The summed E-state index contributed by atoms with van der Waals surface area (Å²) in [6, 6.07) is 25.0. The maximum Gasteiger partial charge on any atom is 0.261 e. The first-order chi connectivity index (χ1) is 17.1. The highest BCUT2D eigenvalue weighted by molar-refractivity contribution is 7.15. The van der Waals surface area contributed by atoms with Crippen LogP contribution in [0.3, 0.4) is 0 Å². The molecule has 1 N–H and O–H groups in total. The summed E-state index contributed by atoms with van der Waals surface area (Å²) in [4.78, 5) is 32.5. The van der Waals surface area contributed by atoms with Crippen molar-refractivity contribution in [1.29, 1.82) is 0 Å². The molecular weight excluding hydrogens is 458 g/mol. The molecule has 2 aromatic heterocycles. The van der Waals surface area contributed by atoms with Gasteiger partial charge in [-0.1, -0.05) is 60.7 Å². The zero-order chi connectivity index (χ0) is 24.2. The van der Waals surface area contributed by atoms with E-state index in [4.69, 9.17) is 4.42 Å². The monoisotopic (exact) mass is 481 g/mol. The molecule has 2 amide bonds. The maximum absolute atomic E-state index is 12.8. The van der Waals surface area contributed by atoms with Crippen molar-refractivity contribution >= 4 is 39.3 Å². The Kier molecular flexibility index (Phi) is 6.41. The molecule has 0 saturated carbocycles. The van der Waals surface area contributed by atoms with Crippen LogP contribution in [-0.4, -0.2) is 28.7 Å². The molecule has 5 aromatic rings. The normalized spacial score (nSPS) is 10.9. The molecule has 0 atom stereocenters. The number of carbonyl (C=O) groups excluding carboxylic acids is 2. The molecular formula is C28H23N3O3S. The molecule has 0 fully saturated rings. The number of thiazole rings is 1. The fourth-order valence-electron chi connectivity index (χ4n) is 3.88. The molecule has 2 heterocycles. The number of fused-ring (bicyclic) bond motifs is 1. The summed E-state index contributed by atoms with van der Waals surface area (Å²) in [7, 11) is 1.81. The molecule has 35 heavy (non-hydrogen) atoms. The van der Waals surface area contributed by atoms with Gasteiger partial charge in [-0.15, -0.1) is 11.3 Å². The Morgan fingerprint density at radius 3 is 2.49 bits per heavy atom. The Hall–Kier alpha value is -4.23. The third-order valence-corrected chi connectivity index (χ3v) is 6.60. The second-order valence-corrected chi connectivity index (χ2v) is 9.37. The quantitative estimate of drug-likeness (QED) is 0.309. The van der Waals surface area contributed by atoms with Crippen molar-refractivity contribution < 1.29 is 14.0 Å². The number of anilines is 1. The van der Waals surface area contributed by atoms with Crippen molar-refractivity contribution in [3.63, 3.8) is 0 Å². The van der Waals surface area contributed by atoms with Gasteiger partial charge in [0.1, 0.15) is 11.8 Å². The average molecular weight is 482 g/mol. The number of hydrogen-bond acceptors (Lipinski definition) is 5. The molecule has 0 bridgehead atoms. The van der Waals surface area contributed by atoms with Crippen LogP contribution in [0.2, 0.25) is 0 Å². The highest BCUT2D eigenvalue weighted by Crippen LogP contribution is 2.25. The van der Waals surface area contributed by atoms with Crippen LogP contribution in [-0.2, 0) is 13.0 Å². The van der Waals surface area contributed by atoms with E-state index in [0.29, 0.717) is 34.8 Å². The van der Waals surface area contributed by atoms with Gasteiger partial charge in [0.25, 0.3) is 11.8 Å². The Balaban J connectivity index is 1.20. The Labute approximate surface area is 206 Å². The minimum absolute atomic E-state index is 0.0186. The van der Waals surface area contributed by atoms with E-state index in [0.717, 1.165) is 21.4 Å². The maximum atomic E-state index is 12.8. The van der Waals surface area contributed by atoms with E-state index < -0.39 is 0 Å². The number of rotatable bonds is 7. The number of aromatic nitrogens is 1. The molecule has 0 aliphatic carbocycles. The number of furan rings is 1. The van der Waals surface area contributed by atoms with Gasteiger partial charge in [0.15, 0.2) is 5.13 Å². The van der Waals surface area contributed by atoms with Crippen LogP contribution in [0.5, 0.6) is 0 Å². The number of benzene rings is 3. The Bertz CT molecular complexity index is 1470. The summed E-state index contributed by atoms with van der Waals surface area (Å²) in [5.41, 5.74) is 3.96. The lowest BCUT2D eigenvalue weighted by Crippen LogP contribution is -2.26. The lowest BCUT2D eigenvalue weighted by molar-refractivity contribution is 0.0785. The van der Waals surface area contributed by atoms with Crippen molar-refractivity contribution in [3.8, 4) is 0 Å². The summed E-state index contributed by atoms with van der Waals surface area (Å²) in [6.07, 6.45) is 3.89. The Morgan fingerprint density at radius 2 is 1.69 bits per heavy atom. The predicted molar refractivity (Wildman–Crippen MR) is 138 cm³/mol. The molecule has 5 rings (SSSR count). The zero-order valence-corrected chi connectivity index (χ0v) is 19.9. The minimum atomic E-state index is -0.252. The van der Waals surface area contributed by atoms with Crippen LogP contribution < -0.4 is 5.32 Å². The number of para-hydroxylation sites is 1. The van der Waals surface area contributed by atoms with Gasteiger partial charge >= 0.3 is 0 Å². The van der Waals surface area contributed by atoms with Crippen molar-refractivity contribution in [2.24, 2.45) is 0 Å². The van der Waals surface area contributed by atoms with Crippen molar-refractivity contribution in [3.05, 3.63) is 118 Å². The predicted octanol–water partition coefficient (Wildman–Crippen LogP) is 6.00. The third kappa shape index (κ3) is 5.15. The summed E-state index contributed by atoms with van der Waals surface area (Å²) >= 11 is 1.43. The second-order valence-electron chi connectivity index (χ2n) is 8.25. The summed E-state index contributed by atoms with van der Waals surface area (Å²) < 4.78 is 5.46. The van der Waals surface area contributed by atoms with Gasteiger partial charge in [-0.2, -0.15) is 0 Å². The van der Waals surface area contributed by atoms with Crippen molar-refractivity contribution in [1.82, 2.24) is 9.88 Å². The molecule has 0 saturated heterocycles. The van der Waals surface area contributed by atoms with Crippen molar-refractivity contribution in [2.45, 2.75) is 13.0 Å². The van der Waals surface area contributed by atoms with Crippen LogP contribution in [0.1, 0.15) is 36.7 Å². The summed E-state index contributed by atoms with van der Waals surface area (Å²) in [5, 5.41) is 4.16. The molecule has 0 radical (unpaired) electrons. The van der Waals surface area contributed by atoms with Crippen LogP contribution in [0.15, 0.2) is 95.7 Å². The van der Waals surface area contributed by atoms with Gasteiger partial charge < -0.3 is 9.32 Å². The number of carbonyl (C=O) groups is 2. The van der Waals surface area contributed by atoms with Gasteiger partial charge in [0, 0.05) is 42.0 Å². The van der Waals surface area contributed by atoms with Crippen LogP contribution in [0.4, 0.5) is 5.13 Å². The molecule has 7 heteroatoms. The van der Waals surface area contributed by atoms with Gasteiger partial charge in [-0.05, 0) is 29.3 Å². The first-order valence-electron chi connectivity index (χ1n) is 11.2. The molecule has 6 nitrogen and oxygen atoms in total. The van der Waals surface area contributed by atoms with E-state index >= 15 is 0 Å². The van der Waals surface area contributed by atoms with Gasteiger partial charge in [-0.3, -0.25) is 14.9 Å². The topological polar surface area (TPSA) is 75.4 Å². The lowest BCUT2D eigenvalue weighted by Gasteiger charge is -2.17. The van der Waals surface area contributed by atoms with E-state index in [2.05, 4.69) is 10.3 Å². The largest absolute Gasteiger partial charge is 0.463 e. The highest BCUT2D eigenvalue weighted by atomic mass is 32.1. The van der Waals surface area contributed by atoms with Crippen LogP contribution in [0.25, 0.3) is 11.0 Å². The number of nitrogens with one attached hydrogen (secondary N) is 1. The first kappa shape index (κ1) is 22.6. The van der Waals surface area contributed by atoms with E-state index in [9.17, 15) is 9.59 Å². The first-order valence-corrected chi connectivity index (χ1v) is 12.0. The van der Waals surface area contributed by atoms with E-state index in [1.54, 1.807) is 11.1 Å². The summed E-state index contributed by atoms with van der Waals surface area (Å²) in [5.74, 6) is -0.270. The van der Waals surface area contributed by atoms with Gasteiger partial charge in [0.05, 0.1) is 5.56 Å². The molecule has 0 aliphatic heterocycles. The average Bonchev–Trinajstić information content (AvgIpc) is 3.51. The lowest BCUT2D eigenvalue weighted by atomic mass is 10.1.